The van der Waals surface area contributed by atoms with Gasteiger partial charge in [0.2, 0.25) is 0 Å². The van der Waals surface area contributed by atoms with E-state index in [-0.39, 0.29) is 5.92 Å². The Hall–Kier alpha value is -2.90. The lowest BCUT2D eigenvalue weighted by Crippen LogP contribution is -2.15. The molecule has 0 radical (unpaired) electrons. The van der Waals surface area contributed by atoms with Crippen molar-refractivity contribution >= 4 is 27.5 Å². The maximum atomic E-state index is 4.24. The lowest BCUT2D eigenvalue weighted by Gasteiger charge is -2.20. The number of rotatable bonds is 13. The van der Waals surface area contributed by atoms with Crippen molar-refractivity contribution in [3.63, 3.8) is 0 Å². The summed E-state index contributed by atoms with van der Waals surface area (Å²) in [6.07, 6.45) is 10.5. The molecule has 37 heavy (non-hydrogen) atoms. The van der Waals surface area contributed by atoms with E-state index in [1.807, 2.05) is 12.4 Å². The minimum atomic E-state index is -1.11. The Morgan fingerprint density at radius 2 is 0.973 bits per heavy atom. The molecule has 2 N–H and O–H groups in total. The molecule has 1 aromatic heterocycles. The van der Waals surface area contributed by atoms with Gasteiger partial charge in [0, 0.05) is 42.8 Å². The van der Waals surface area contributed by atoms with Crippen LogP contribution in [0.15, 0.2) is 96.6 Å². The Labute approximate surface area is 227 Å². The SMILES string of the molecule is C[Si](C)(C)/C=C\CCNc1ccc(C(c2ccncc2)c2ccc(NCC/C=C\[Si](C)(C)C)cc2)cc1. The summed E-state index contributed by atoms with van der Waals surface area (Å²) in [7, 11) is -2.22. The maximum absolute atomic E-state index is 4.24. The predicted molar refractivity (Wildman–Crippen MR) is 169 cm³/mol. The summed E-state index contributed by atoms with van der Waals surface area (Å²) < 4.78 is 0. The number of nitrogens with one attached hydrogen (secondary N) is 2. The third kappa shape index (κ3) is 10.5. The van der Waals surface area contributed by atoms with Crippen LogP contribution in [0.3, 0.4) is 0 Å². The summed E-state index contributed by atoms with van der Waals surface area (Å²) in [6.45, 7) is 16.1. The highest BCUT2D eigenvalue weighted by Gasteiger charge is 2.17. The zero-order valence-corrected chi connectivity index (χ0v) is 25.6. The third-order valence-corrected chi connectivity index (χ3v) is 8.51. The van der Waals surface area contributed by atoms with Gasteiger partial charge in [-0.05, 0) is 65.9 Å². The lowest BCUT2D eigenvalue weighted by atomic mass is 9.85. The van der Waals surface area contributed by atoms with Gasteiger partial charge in [-0.1, -0.05) is 87.1 Å². The molecule has 0 aliphatic heterocycles. The molecule has 2 aromatic carbocycles. The van der Waals surface area contributed by atoms with E-state index in [0.29, 0.717) is 0 Å². The molecule has 3 aromatic rings. The van der Waals surface area contributed by atoms with Crippen molar-refractivity contribution in [1.29, 1.82) is 0 Å². The van der Waals surface area contributed by atoms with Gasteiger partial charge >= 0.3 is 0 Å². The Bertz CT molecular complexity index is 1050. The Kier molecular flexibility index (Phi) is 10.5. The van der Waals surface area contributed by atoms with Gasteiger partial charge in [-0.2, -0.15) is 0 Å². The topological polar surface area (TPSA) is 37.0 Å². The third-order valence-electron chi connectivity index (χ3n) is 6.04. The Balaban J connectivity index is 1.67. The van der Waals surface area contributed by atoms with Crippen LogP contribution in [0.1, 0.15) is 35.4 Å². The van der Waals surface area contributed by atoms with Crippen LogP contribution < -0.4 is 10.6 Å². The molecule has 0 fully saturated rings. The van der Waals surface area contributed by atoms with E-state index in [0.717, 1.165) is 25.9 Å². The van der Waals surface area contributed by atoms with Gasteiger partial charge in [-0.25, -0.2) is 0 Å². The van der Waals surface area contributed by atoms with Crippen LogP contribution in [0.2, 0.25) is 39.3 Å². The number of benzene rings is 2. The molecule has 0 unspecified atom stereocenters. The van der Waals surface area contributed by atoms with E-state index in [4.69, 9.17) is 0 Å². The number of hydrogen-bond acceptors (Lipinski definition) is 3. The number of nitrogens with zero attached hydrogens (tertiary/aromatic N) is 1. The zero-order chi connectivity index (χ0) is 26.7. The summed E-state index contributed by atoms with van der Waals surface area (Å²) in [6, 6.07) is 22.1. The van der Waals surface area contributed by atoms with Crippen LogP contribution in [0.25, 0.3) is 0 Å². The van der Waals surface area contributed by atoms with Crippen LogP contribution in [0, 0.1) is 0 Å². The van der Waals surface area contributed by atoms with E-state index in [9.17, 15) is 0 Å². The second-order valence-corrected chi connectivity index (χ2v) is 22.1. The summed E-state index contributed by atoms with van der Waals surface area (Å²) in [5, 5.41) is 7.13. The minimum Gasteiger partial charge on any atom is -0.385 e. The first-order valence-corrected chi connectivity index (χ1v) is 20.7. The van der Waals surface area contributed by atoms with Gasteiger partial charge in [0.15, 0.2) is 0 Å². The highest BCUT2D eigenvalue weighted by Crippen LogP contribution is 2.33. The largest absolute Gasteiger partial charge is 0.385 e. The number of aromatic nitrogens is 1. The predicted octanol–water partition coefficient (Wildman–Crippen LogP) is 8.73. The average Bonchev–Trinajstić information content (AvgIpc) is 2.85. The van der Waals surface area contributed by atoms with Gasteiger partial charge < -0.3 is 10.6 Å². The first-order chi connectivity index (χ1) is 17.6. The van der Waals surface area contributed by atoms with Crippen molar-refractivity contribution in [2.75, 3.05) is 23.7 Å². The molecule has 3 nitrogen and oxygen atoms in total. The van der Waals surface area contributed by atoms with E-state index in [1.165, 1.54) is 28.1 Å². The van der Waals surface area contributed by atoms with Crippen molar-refractivity contribution in [2.45, 2.75) is 58.0 Å². The molecule has 5 heteroatoms. The minimum absolute atomic E-state index is 0.172. The second kappa shape index (κ2) is 13.6. The Morgan fingerprint density at radius 1 is 0.595 bits per heavy atom. The van der Waals surface area contributed by atoms with Gasteiger partial charge in [0.1, 0.15) is 0 Å². The standard InChI is InChI=1S/C32H45N3Si2/c1-36(2,3)25-9-7-21-34-30-15-11-27(12-16-30)32(29-19-23-33-24-20-29)28-13-17-31(18-14-28)35-22-8-10-26-37(4,5)6/h9-20,23-26,32,34-35H,7-8,21-22H2,1-6H3/b25-9-,26-10-. The number of anilines is 2. The molecule has 0 bridgehead atoms. The zero-order valence-electron chi connectivity index (χ0n) is 23.6. The molecule has 0 aliphatic carbocycles. The molecular formula is C32H45N3Si2. The highest BCUT2D eigenvalue weighted by molar-refractivity contribution is 6.81. The second-order valence-electron chi connectivity index (χ2n) is 11.9. The average molecular weight is 528 g/mol. The smallest absolute Gasteiger partial charge is 0.0682 e. The van der Waals surface area contributed by atoms with Gasteiger partial charge in [-0.15, -0.1) is 0 Å². The maximum Gasteiger partial charge on any atom is 0.0682 e. The van der Waals surface area contributed by atoms with Crippen molar-refractivity contribution in [3.05, 3.63) is 113 Å². The molecular weight excluding hydrogens is 483 g/mol. The molecule has 0 atom stereocenters. The van der Waals surface area contributed by atoms with Gasteiger partial charge in [-0.3, -0.25) is 4.98 Å². The molecule has 0 amide bonds. The molecule has 196 valence electrons. The first kappa shape index (κ1) is 28.7. The molecule has 3 rings (SSSR count). The number of pyridine rings is 1. The molecule has 1 heterocycles. The van der Waals surface area contributed by atoms with E-state index >= 15 is 0 Å². The fourth-order valence-electron chi connectivity index (χ4n) is 4.19. The summed E-state index contributed by atoms with van der Waals surface area (Å²) in [4.78, 5) is 4.24. The lowest BCUT2D eigenvalue weighted by molar-refractivity contribution is 0.969. The van der Waals surface area contributed by atoms with Gasteiger partial charge in [0.05, 0.1) is 16.1 Å². The highest BCUT2D eigenvalue weighted by atomic mass is 28.3. The van der Waals surface area contributed by atoms with Crippen molar-refractivity contribution < 1.29 is 0 Å². The fraction of sp³-hybridized carbons (Fsp3) is 0.344. The molecule has 0 aliphatic rings. The first-order valence-electron chi connectivity index (χ1n) is 13.5. The summed E-state index contributed by atoms with van der Waals surface area (Å²) in [5.41, 5.74) is 11.0. The molecule has 0 saturated carbocycles. The van der Waals surface area contributed by atoms with E-state index < -0.39 is 16.1 Å². The van der Waals surface area contributed by atoms with E-state index in [2.05, 4.69) is 139 Å². The quantitative estimate of drug-likeness (QED) is 0.172. The van der Waals surface area contributed by atoms with Crippen LogP contribution in [-0.2, 0) is 0 Å². The van der Waals surface area contributed by atoms with Crippen LogP contribution in [0.4, 0.5) is 11.4 Å². The summed E-state index contributed by atoms with van der Waals surface area (Å²) >= 11 is 0. The van der Waals surface area contributed by atoms with Crippen molar-refractivity contribution in [3.8, 4) is 0 Å². The van der Waals surface area contributed by atoms with Crippen LogP contribution >= 0.6 is 0 Å². The van der Waals surface area contributed by atoms with Crippen LogP contribution in [-0.4, -0.2) is 34.2 Å². The van der Waals surface area contributed by atoms with Crippen LogP contribution in [0.5, 0.6) is 0 Å². The normalized spacial score (nSPS) is 12.5. The van der Waals surface area contributed by atoms with E-state index in [1.54, 1.807) is 0 Å². The molecule has 0 spiro atoms. The fourth-order valence-corrected chi connectivity index (χ4v) is 5.94. The van der Waals surface area contributed by atoms with Gasteiger partial charge in [0.25, 0.3) is 0 Å². The Morgan fingerprint density at radius 3 is 1.35 bits per heavy atom. The van der Waals surface area contributed by atoms with Crippen molar-refractivity contribution in [2.24, 2.45) is 0 Å². The monoisotopic (exact) mass is 527 g/mol. The van der Waals surface area contributed by atoms with Crippen molar-refractivity contribution in [1.82, 2.24) is 4.98 Å². The molecule has 0 saturated heterocycles. The summed E-state index contributed by atoms with van der Waals surface area (Å²) in [5.74, 6) is 0.172. The number of hydrogen-bond donors (Lipinski definition) is 2.